The van der Waals surface area contributed by atoms with E-state index in [9.17, 15) is 13.2 Å². The van der Waals surface area contributed by atoms with Crippen LogP contribution in [-0.4, -0.2) is 40.6 Å². The van der Waals surface area contributed by atoms with Gasteiger partial charge in [-0.1, -0.05) is 18.2 Å². The lowest BCUT2D eigenvalue weighted by Crippen LogP contribution is -2.20. The number of para-hydroxylation sites is 1. The Bertz CT molecular complexity index is 1150. The molecular weight excluding hydrogens is 364 g/mol. The number of fused-ring (bicyclic) bond motifs is 1. The number of carbonyl (C=O) groups excluding carboxylic acids is 1. The monoisotopic (exact) mass is 384 g/mol. The zero-order valence-corrected chi connectivity index (χ0v) is 16.0. The highest BCUT2D eigenvalue weighted by Gasteiger charge is 2.31. The summed E-state index contributed by atoms with van der Waals surface area (Å²) in [6.07, 6.45) is 0.503. The molecule has 0 bridgehead atoms. The number of aromatic nitrogens is 3. The standard InChI is InChI=1S/C19H20N4O3S/c1-12-9-18(23(22-12)15-7-8-27(25,26)11-15)21-19(24)16-10-14-5-3-4-6-17(14)20-13(16)2/h3-6,9-10,15H,7-8,11H2,1-2H3,(H,21,24). The zero-order valence-electron chi connectivity index (χ0n) is 15.1. The normalized spacial score (nSPS) is 18.7. The van der Waals surface area contributed by atoms with Gasteiger partial charge >= 0.3 is 0 Å². The summed E-state index contributed by atoms with van der Waals surface area (Å²) in [7, 11) is -3.05. The van der Waals surface area contributed by atoms with E-state index in [1.54, 1.807) is 17.7 Å². The molecule has 8 heteroatoms. The van der Waals surface area contributed by atoms with Crippen LogP contribution in [0.15, 0.2) is 36.4 Å². The van der Waals surface area contributed by atoms with Gasteiger partial charge in [0, 0.05) is 11.5 Å². The molecule has 1 atom stereocenters. The predicted octanol–water partition coefficient (Wildman–Crippen LogP) is 2.66. The fourth-order valence-electron chi connectivity index (χ4n) is 3.48. The van der Waals surface area contributed by atoms with Crippen LogP contribution in [0.2, 0.25) is 0 Å². The highest BCUT2D eigenvalue weighted by Crippen LogP contribution is 2.27. The Kier molecular flexibility index (Phi) is 4.22. The van der Waals surface area contributed by atoms with E-state index in [-0.39, 0.29) is 23.5 Å². The number of carbonyl (C=O) groups is 1. The number of rotatable bonds is 3. The molecule has 27 heavy (non-hydrogen) atoms. The van der Waals surface area contributed by atoms with Gasteiger partial charge in [-0.3, -0.25) is 9.78 Å². The molecule has 1 unspecified atom stereocenters. The topological polar surface area (TPSA) is 94.0 Å². The third-order valence-corrected chi connectivity index (χ3v) is 6.56. The Morgan fingerprint density at radius 1 is 1.22 bits per heavy atom. The van der Waals surface area contributed by atoms with Crippen molar-refractivity contribution in [1.82, 2.24) is 14.8 Å². The number of sulfone groups is 1. The molecule has 4 rings (SSSR count). The average molecular weight is 384 g/mol. The highest BCUT2D eigenvalue weighted by molar-refractivity contribution is 7.91. The predicted molar refractivity (Wildman–Crippen MR) is 104 cm³/mol. The SMILES string of the molecule is Cc1cc(NC(=O)c2cc3ccccc3nc2C)n(C2CCS(=O)(=O)C2)n1. The van der Waals surface area contributed by atoms with Crippen LogP contribution in [0.25, 0.3) is 10.9 Å². The van der Waals surface area contributed by atoms with Gasteiger partial charge in [0.1, 0.15) is 5.82 Å². The van der Waals surface area contributed by atoms with Crippen molar-refractivity contribution in [3.8, 4) is 0 Å². The molecule has 0 aliphatic carbocycles. The maximum absolute atomic E-state index is 12.9. The van der Waals surface area contributed by atoms with Gasteiger partial charge in [0.05, 0.1) is 40.0 Å². The fourth-order valence-corrected chi connectivity index (χ4v) is 5.17. The first-order chi connectivity index (χ1) is 12.8. The molecule has 1 saturated heterocycles. The largest absolute Gasteiger partial charge is 0.307 e. The van der Waals surface area contributed by atoms with Crippen molar-refractivity contribution in [3.05, 3.63) is 53.3 Å². The Hall–Kier alpha value is -2.74. The summed E-state index contributed by atoms with van der Waals surface area (Å²) in [6.45, 7) is 3.62. The van der Waals surface area contributed by atoms with Crippen LogP contribution in [0.3, 0.4) is 0 Å². The van der Waals surface area contributed by atoms with E-state index in [1.165, 1.54) is 0 Å². The molecule has 2 aromatic heterocycles. The van der Waals surface area contributed by atoms with Gasteiger partial charge in [-0.05, 0) is 32.4 Å². The number of hydrogen-bond acceptors (Lipinski definition) is 5. The van der Waals surface area contributed by atoms with E-state index in [0.29, 0.717) is 23.5 Å². The molecule has 7 nitrogen and oxygen atoms in total. The molecule has 1 amide bonds. The minimum absolute atomic E-state index is 0.0492. The van der Waals surface area contributed by atoms with Crippen LogP contribution < -0.4 is 5.32 Å². The van der Waals surface area contributed by atoms with E-state index in [2.05, 4.69) is 15.4 Å². The average Bonchev–Trinajstić information content (AvgIpc) is 3.15. The van der Waals surface area contributed by atoms with Gasteiger partial charge in [-0.25, -0.2) is 13.1 Å². The second-order valence-corrected chi connectivity index (χ2v) is 9.17. The third-order valence-electron chi connectivity index (χ3n) is 4.81. The van der Waals surface area contributed by atoms with Crippen molar-refractivity contribution in [2.75, 3.05) is 16.8 Å². The van der Waals surface area contributed by atoms with Crippen LogP contribution in [-0.2, 0) is 9.84 Å². The van der Waals surface area contributed by atoms with Gasteiger partial charge < -0.3 is 5.32 Å². The van der Waals surface area contributed by atoms with Gasteiger partial charge in [0.25, 0.3) is 5.91 Å². The number of amides is 1. The van der Waals surface area contributed by atoms with E-state index in [0.717, 1.165) is 16.6 Å². The number of anilines is 1. The molecule has 3 heterocycles. The maximum Gasteiger partial charge on any atom is 0.258 e. The van der Waals surface area contributed by atoms with Crippen molar-refractivity contribution >= 4 is 32.5 Å². The first kappa shape index (κ1) is 17.7. The lowest BCUT2D eigenvalue weighted by Gasteiger charge is -2.14. The van der Waals surface area contributed by atoms with Crippen molar-refractivity contribution in [2.45, 2.75) is 26.3 Å². The minimum Gasteiger partial charge on any atom is -0.307 e. The smallest absolute Gasteiger partial charge is 0.258 e. The fraction of sp³-hybridized carbons (Fsp3) is 0.316. The van der Waals surface area contributed by atoms with E-state index < -0.39 is 9.84 Å². The third kappa shape index (κ3) is 3.44. The summed E-state index contributed by atoms with van der Waals surface area (Å²) in [5.41, 5.74) is 2.68. The molecule has 1 N–H and O–H groups in total. The number of aryl methyl sites for hydroxylation is 2. The molecule has 0 saturated carbocycles. The highest BCUT2D eigenvalue weighted by atomic mass is 32.2. The Balaban J connectivity index is 1.65. The molecular formula is C19H20N4O3S. The molecule has 0 radical (unpaired) electrons. The number of pyridine rings is 1. The summed E-state index contributed by atoms with van der Waals surface area (Å²) in [6, 6.07) is 11.0. The summed E-state index contributed by atoms with van der Waals surface area (Å²) in [4.78, 5) is 17.4. The lowest BCUT2D eigenvalue weighted by atomic mass is 10.1. The van der Waals surface area contributed by atoms with Crippen molar-refractivity contribution < 1.29 is 13.2 Å². The first-order valence-corrected chi connectivity index (χ1v) is 10.6. The van der Waals surface area contributed by atoms with Gasteiger partial charge in [0.2, 0.25) is 0 Å². The molecule has 1 aromatic carbocycles. The number of nitrogens with zero attached hydrogens (tertiary/aromatic N) is 3. The summed E-state index contributed by atoms with van der Waals surface area (Å²) < 4.78 is 25.2. The quantitative estimate of drug-likeness (QED) is 0.749. The second kappa shape index (κ2) is 6.45. The Morgan fingerprint density at radius 3 is 2.74 bits per heavy atom. The zero-order chi connectivity index (χ0) is 19.2. The van der Waals surface area contributed by atoms with Crippen molar-refractivity contribution in [1.29, 1.82) is 0 Å². The van der Waals surface area contributed by atoms with Crippen molar-refractivity contribution in [2.24, 2.45) is 0 Å². The lowest BCUT2D eigenvalue weighted by molar-refractivity contribution is 0.102. The minimum atomic E-state index is -3.05. The summed E-state index contributed by atoms with van der Waals surface area (Å²) in [5, 5.41) is 8.17. The molecule has 0 spiro atoms. The molecule has 140 valence electrons. The maximum atomic E-state index is 12.9. The van der Waals surface area contributed by atoms with E-state index in [1.807, 2.05) is 37.3 Å². The van der Waals surface area contributed by atoms with E-state index in [4.69, 9.17) is 0 Å². The Morgan fingerprint density at radius 2 is 2.00 bits per heavy atom. The summed E-state index contributed by atoms with van der Waals surface area (Å²) in [5.74, 6) is 0.422. The first-order valence-electron chi connectivity index (χ1n) is 8.77. The number of nitrogens with one attached hydrogen (secondary N) is 1. The number of hydrogen-bond donors (Lipinski definition) is 1. The molecule has 3 aromatic rings. The number of benzene rings is 1. The molecule has 1 fully saturated rings. The van der Waals surface area contributed by atoms with E-state index >= 15 is 0 Å². The van der Waals surface area contributed by atoms with Crippen LogP contribution >= 0.6 is 0 Å². The van der Waals surface area contributed by atoms with Crippen LogP contribution in [0.1, 0.15) is 34.2 Å². The van der Waals surface area contributed by atoms with Crippen LogP contribution in [0.5, 0.6) is 0 Å². The molecule has 1 aliphatic rings. The second-order valence-electron chi connectivity index (χ2n) is 6.94. The van der Waals surface area contributed by atoms with Gasteiger partial charge in [0.15, 0.2) is 9.84 Å². The van der Waals surface area contributed by atoms with Crippen LogP contribution in [0.4, 0.5) is 5.82 Å². The summed E-state index contributed by atoms with van der Waals surface area (Å²) >= 11 is 0. The Labute approximate surface area is 157 Å². The van der Waals surface area contributed by atoms with Gasteiger partial charge in [-0.15, -0.1) is 0 Å². The van der Waals surface area contributed by atoms with Gasteiger partial charge in [-0.2, -0.15) is 5.10 Å². The molecule has 1 aliphatic heterocycles. The van der Waals surface area contributed by atoms with Crippen molar-refractivity contribution in [3.63, 3.8) is 0 Å². The van der Waals surface area contributed by atoms with Crippen LogP contribution in [0, 0.1) is 13.8 Å².